The molecule has 0 spiro atoms. The quantitative estimate of drug-likeness (QED) is 0.611. The number of piperidine rings is 1. The summed E-state index contributed by atoms with van der Waals surface area (Å²) in [5, 5.41) is 3.48. The normalized spacial score (nSPS) is 33.8. The van der Waals surface area contributed by atoms with Crippen LogP contribution in [0, 0.1) is 5.41 Å². The minimum atomic E-state index is 0.435. The number of nitrogens with one attached hydrogen (secondary N) is 1. The van der Waals surface area contributed by atoms with Crippen LogP contribution in [-0.4, -0.2) is 37.1 Å². The molecule has 2 heteroatoms. The van der Waals surface area contributed by atoms with Crippen LogP contribution in [0.4, 0.5) is 0 Å². The van der Waals surface area contributed by atoms with E-state index in [-0.39, 0.29) is 0 Å². The molecule has 0 aromatic carbocycles. The summed E-state index contributed by atoms with van der Waals surface area (Å²) in [6.07, 6.45) is 5.88. The van der Waals surface area contributed by atoms with Crippen LogP contribution < -0.4 is 5.32 Å². The van der Waals surface area contributed by atoms with Crippen molar-refractivity contribution < 1.29 is 0 Å². The van der Waals surface area contributed by atoms with Crippen LogP contribution in [0.1, 0.15) is 20.3 Å². The molecule has 1 saturated heterocycles. The fourth-order valence-corrected chi connectivity index (χ4v) is 2.58. The molecule has 2 heterocycles. The Hall–Kier alpha value is -0.340. The first-order valence-corrected chi connectivity index (χ1v) is 5.30. The van der Waals surface area contributed by atoms with Crippen LogP contribution in [-0.2, 0) is 0 Å². The average Bonchev–Trinajstić information content (AvgIpc) is 2.55. The van der Waals surface area contributed by atoms with Crippen LogP contribution >= 0.6 is 0 Å². The molecule has 1 fully saturated rings. The van der Waals surface area contributed by atoms with Crippen molar-refractivity contribution >= 4 is 0 Å². The summed E-state index contributed by atoms with van der Waals surface area (Å²) in [4.78, 5) is 2.60. The summed E-state index contributed by atoms with van der Waals surface area (Å²) in [7, 11) is 0. The van der Waals surface area contributed by atoms with Crippen LogP contribution in [0.5, 0.6) is 0 Å². The van der Waals surface area contributed by atoms with E-state index in [1.807, 2.05) is 0 Å². The molecule has 2 aliphatic rings. The molecular formula is C11H20N2. The van der Waals surface area contributed by atoms with Gasteiger partial charge in [0.2, 0.25) is 0 Å². The Morgan fingerprint density at radius 1 is 1.31 bits per heavy atom. The predicted molar refractivity (Wildman–Crippen MR) is 55.8 cm³/mol. The Bertz CT molecular complexity index is 200. The number of nitrogens with zero attached hydrogens (tertiary/aromatic N) is 1. The van der Waals surface area contributed by atoms with E-state index in [9.17, 15) is 0 Å². The molecule has 2 aliphatic heterocycles. The average molecular weight is 180 g/mol. The molecule has 0 saturated carbocycles. The molecule has 0 aromatic heterocycles. The van der Waals surface area contributed by atoms with Gasteiger partial charge in [0.1, 0.15) is 0 Å². The largest absolute Gasteiger partial charge is 0.316 e. The van der Waals surface area contributed by atoms with Gasteiger partial charge in [0, 0.05) is 25.7 Å². The summed E-state index contributed by atoms with van der Waals surface area (Å²) in [5.74, 6) is 0. The Kier molecular flexibility index (Phi) is 2.43. The van der Waals surface area contributed by atoms with E-state index < -0.39 is 0 Å². The molecule has 2 rings (SSSR count). The number of hydrogen-bond donors (Lipinski definition) is 1. The number of rotatable bonds is 1. The van der Waals surface area contributed by atoms with Gasteiger partial charge in [-0.3, -0.25) is 4.90 Å². The third-order valence-corrected chi connectivity index (χ3v) is 3.36. The smallest absolute Gasteiger partial charge is 0.0177 e. The molecule has 13 heavy (non-hydrogen) atoms. The third-order valence-electron chi connectivity index (χ3n) is 3.36. The highest BCUT2D eigenvalue weighted by atomic mass is 15.2. The van der Waals surface area contributed by atoms with E-state index in [0.717, 1.165) is 25.7 Å². The first-order chi connectivity index (χ1) is 6.20. The zero-order chi connectivity index (χ0) is 9.31. The molecule has 74 valence electrons. The summed E-state index contributed by atoms with van der Waals surface area (Å²) < 4.78 is 0. The molecular weight excluding hydrogens is 160 g/mol. The Labute approximate surface area is 81.0 Å². The predicted octanol–water partition coefficient (Wildman–Crippen LogP) is 1.25. The maximum atomic E-state index is 3.48. The van der Waals surface area contributed by atoms with E-state index in [4.69, 9.17) is 0 Å². The lowest BCUT2D eigenvalue weighted by Gasteiger charge is -2.44. The fourth-order valence-electron chi connectivity index (χ4n) is 2.58. The minimum Gasteiger partial charge on any atom is -0.316 e. The van der Waals surface area contributed by atoms with Crippen molar-refractivity contribution in [3.05, 3.63) is 12.2 Å². The van der Waals surface area contributed by atoms with Gasteiger partial charge < -0.3 is 5.32 Å². The van der Waals surface area contributed by atoms with Crippen molar-refractivity contribution in [2.24, 2.45) is 5.41 Å². The Morgan fingerprint density at radius 3 is 2.62 bits per heavy atom. The van der Waals surface area contributed by atoms with Crippen molar-refractivity contribution in [3.63, 3.8) is 0 Å². The summed E-state index contributed by atoms with van der Waals surface area (Å²) in [6, 6.07) is 0.767. The van der Waals surface area contributed by atoms with Gasteiger partial charge in [-0.2, -0.15) is 0 Å². The van der Waals surface area contributed by atoms with Crippen molar-refractivity contribution in [3.8, 4) is 0 Å². The van der Waals surface area contributed by atoms with Crippen molar-refractivity contribution in [1.82, 2.24) is 10.2 Å². The highest BCUT2D eigenvalue weighted by Gasteiger charge is 2.36. The second kappa shape index (κ2) is 3.43. The lowest BCUT2D eigenvalue weighted by molar-refractivity contribution is 0.0825. The van der Waals surface area contributed by atoms with Gasteiger partial charge in [0.25, 0.3) is 0 Å². The zero-order valence-electron chi connectivity index (χ0n) is 8.71. The molecule has 1 N–H and O–H groups in total. The van der Waals surface area contributed by atoms with E-state index in [0.29, 0.717) is 5.41 Å². The molecule has 0 aromatic rings. The van der Waals surface area contributed by atoms with Crippen molar-refractivity contribution in [1.29, 1.82) is 0 Å². The van der Waals surface area contributed by atoms with E-state index >= 15 is 0 Å². The molecule has 2 nitrogen and oxygen atoms in total. The monoisotopic (exact) mass is 180 g/mol. The molecule has 0 aliphatic carbocycles. The Morgan fingerprint density at radius 2 is 2.00 bits per heavy atom. The Balaban J connectivity index is 2.02. The molecule has 1 atom stereocenters. The molecule has 0 radical (unpaired) electrons. The van der Waals surface area contributed by atoms with Crippen LogP contribution in [0.2, 0.25) is 0 Å². The van der Waals surface area contributed by atoms with Crippen molar-refractivity contribution in [2.75, 3.05) is 26.2 Å². The summed E-state index contributed by atoms with van der Waals surface area (Å²) >= 11 is 0. The van der Waals surface area contributed by atoms with Gasteiger partial charge in [-0.05, 0) is 18.4 Å². The lowest BCUT2D eigenvalue weighted by Crippen LogP contribution is -2.53. The van der Waals surface area contributed by atoms with Crippen LogP contribution in [0.25, 0.3) is 0 Å². The van der Waals surface area contributed by atoms with Crippen LogP contribution in [0.3, 0.4) is 0 Å². The first-order valence-electron chi connectivity index (χ1n) is 5.30. The van der Waals surface area contributed by atoms with Crippen molar-refractivity contribution in [2.45, 2.75) is 26.3 Å². The SMILES string of the molecule is CC1(C)CNCCC1N1CC=CC1. The lowest BCUT2D eigenvalue weighted by atomic mass is 9.79. The van der Waals surface area contributed by atoms with Gasteiger partial charge in [-0.25, -0.2) is 0 Å². The fraction of sp³-hybridized carbons (Fsp3) is 0.818. The second-order valence-electron chi connectivity index (χ2n) is 4.90. The highest BCUT2D eigenvalue weighted by Crippen LogP contribution is 2.30. The van der Waals surface area contributed by atoms with Crippen LogP contribution in [0.15, 0.2) is 12.2 Å². The molecule has 0 amide bonds. The van der Waals surface area contributed by atoms with E-state index in [2.05, 4.69) is 36.2 Å². The minimum absolute atomic E-state index is 0.435. The standard InChI is InChI=1S/C11H20N2/c1-11(2)9-12-6-5-10(11)13-7-3-4-8-13/h3-4,10,12H,5-9H2,1-2H3. The maximum Gasteiger partial charge on any atom is 0.0177 e. The van der Waals surface area contributed by atoms with E-state index in [1.54, 1.807) is 0 Å². The van der Waals surface area contributed by atoms with Gasteiger partial charge in [0.05, 0.1) is 0 Å². The molecule has 0 bridgehead atoms. The molecule has 1 unspecified atom stereocenters. The van der Waals surface area contributed by atoms with E-state index in [1.165, 1.54) is 13.0 Å². The topological polar surface area (TPSA) is 15.3 Å². The van der Waals surface area contributed by atoms with Gasteiger partial charge >= 0.3 is 0 Å². The summed E-state index contributed by atoms with van der Waals surface area (Å²) in [5.41, 5.74) is 0.435. The first kappa shape index (κ1) is 9.22. The zero-order valence-corrected chi connectivity index (χ0v) is 8.71. The highest BCUT2D eigenvalue weighted by molar-refractivity contribution is 5.02. The second-order valence-corrected chi connectivity index (χ2v) is 4.90. The maximum absolute atomic E-state index is 3.48. The van der Waals surface area contributed by atoms with Gasteiger partial charge in [-0.15, -0.1) is 0 Å². The third kappa shape index (κ3) is 1.79. The number of hydrogen-bond acceptors (Lipinski definition) is 2. The van der Waals surface area contributed by atoms with Gasteiger partial charge in [0.15, 0.2) is 0 Å². The summed E-state index contributed by atoms with van der Waals surface area (Å²) in [6.45, 7) is 9.42. The van der Waals surface area contributed by atoms with Gasteiger partial charge in [-0.1, -0.05) is 26.0 Å².